The number of nitrogens with zero attached hydrogens (tertiary/aromatic N) is 1. The van der Waals surface area contributed by atoms with E-state index in [1.165, 1.54) is 12.1 Å². The topological polar surface area (TPSA) is 29.3 Å². The fraction of sp³-hybridized carbons (Fsp3) is 0.571. The van der Waals surface area contributed by atoms with Crippen molar-refractivity contribution in [3.8, 4) is 0 Å². The van der Waals surface area contributed by atoms with Gasteiger partial charge in [0.05, 0.1) is 5.56 Å². The van der Waals surface area contributed by atoms with Crippen LogP contribution >= 0.6 is 0 Å². The first-order valence-electron chi connectivity index (χ1n) is 6.56. The van der Waals surface area contributed by atoms with Crippen molar-refractivity contribution in [2.24, 2.45) is 5.73 Å². The summed E-state index contributed by atoms with van der Waals surface area (Å²) in [5.41, 5.74) is 5.84. The quantitative estimate of drug-likeness (QED) is 0.915. The molecular formula is C14H19F3N2. The highest BCUT2D eigenvalue weighted by Gasteiger charge is 2.33. The Balaban J connectivity index is 2.28. The zero-order chi connectivity index (χ0) is 14.0. The number of rotatable bonds is 3. The van der Waals surface area contributed by atoms with Crippen molar-refractivity contribution in [1.82, 2.24) is 4.90 Å². The molecule has 1 aliphatic rings. The molecule has 0 bridgehead atoms. The fourth-order valence-corrected chi connectivity index (χ4v) is 2.80. The average Bonchev–Trinajstić information content (AvgIpc) is 2.76. The van der Waals surface area contributed by atoms with Gasteiger partial charge in [-0.1, -0.05) is 12.1 Å². The fourth-order valence-electron chi connectivity index (χ4n) is 2.80. The predicted molar refractivity (Wildman–Crippen MR) is 68.6 cm³/mol. The Morgan fingerprint density at radius 3 is 2.68 bits per heavy atom. The Kier molecular flexibility index (Phi) is 4.16. The molecule has 1 saturated heterocycles. The number of alkyl halides is 3. The largest absolute Gasteiger partial charge is 0.416 e. The van der Waals surface area contributed by atoms with E-state index < -0.39 is 11.7 Å². The average molecular weight is 272 g/mol. The second-order valence-corrected chi connectivity index (χ2v) is 5.10. The second-order valence-electron chi connectivity index (χ2n) is 5.10. The van der Waals surface area contributed by atoms with Crippen molar-refractivity contribution >= 4 is 0 Å². The summed E-state index contributed by atoms with van der Waals surface area (Å²) in [6, 6.07) is 5.77. The summed E-state index contributed by atoms with van der Waals surface area (Å²) in [5.74, 6) is 0. The summed E-state index contributed by atoms with van der Waals surface area (Å²) in [6.07, 6.45) is -2.14. The van der Waals surface area contributed by atoms with Crippen molar-refractivity contribution in [2.45, 2.75) is 38.0 Å². The Bertz CT molecular complexity index is 431. The number of nitrogens with two attached hydrogens (primary N) is 1. The van der Waals surface area contributed by atoms with E-state index in [4.69, 9.17) is 5.73 Å². The Morgan fingerprint density at radius 2 is 2.16 bits per heavy atom. The van der Waals surface area contributed by atoms with Gasteiger partial charge in [-0.2, -0.15) is 13.2 Å². The predicted octanol–water partition coefficient (Wildman–Crippen LogP) is 3.19. The molecule has 2 nitrogen and oxygen atoms in total. The number of hydrogen-bond donors (Lipinski definition) is 1. The van der Waals surface area contributed by atoms with Crippen LogP contribution in [0.1, 0.15) is 36.9 Å². The Hall–Kier alpha value is -1.07. The van der Waals surface area contributed by atoms with Gasteiger partial charge in [-0.3, -0.25) is 4.90 Å². The van der Waals surface area contributed by atoms with Crippen molar-refractivity contribution in [3.05, 3.63) is 35.4 Å². The molecule has 2 N–H and O–H groups in total. The maximum Gasteiger partial charge on any atom is 0.416 e. The van der Waals surface area contributed by atoms with E-state index in [-0.39, 0.29) is 6.04 Å². The zero-order valence-corrected chi connectivity index (χ0v) is 11.0. The lowest BCUT2D eigenvalue weighted by Crippen LogP contribution is -2.36. The van der Waals surface area contributed by atoms with E-state index >= 15 is 0 Å². The molecule has 1 aromatic carbocycles. The van der Waals surface area contributed by atoms with Crippen molar-refractivity contribution in [2.75, 3.05) is 13.1 Å². The Labute approximate surface area is 111 Å². The maximum absolute atomic E-state index is 12.7. The summed E-state index contributed by atoms with van der Waals surface area (Å²) in [5, 5.41) is 0. The number of halogens is 3. The summed E-state index contributed by atoms with van der Waals surface area (Å²) in [6.45, 7) is 3.34. The van der Waals surface area contributed by atoms with E-state index in [1.807, 2.05) is 0 Å². The number of benzene rings is 1. The molecule has 0 saturated carbocycles. The van der Waals surface area contributed by atoms with Crippen LogP contribution in [0.4, 0.5) is 13.2 Å². The van der Waals surface area contributed by atoms with Crippen LogP contribution < -0.4 is 5.73 Å². The molecule has 0 radical (unpaired) electrons. The summed E-state index contributed by atoms with van der Waals surface area (Å²) >= 11 is 0. The molecule has 1 fully saturated rings. The zero-order valence-electron chi connectivity index (χ0n) is 11.0. The first kappa shape index (κ1) is 14.3. The van der Waals surface area contributed by atoms with E-state index in [9.17, 15) is 13.2 Å². The smallest absolute Gasteiger partial charge is 0.329 e. The van der Waals surface area contributed by atoms with Gasteiger partial charge < -0.3 is 5.73 Å². The normalized spacial score (nSPS) is 22.7. The minimum atomic E-state index is -4.30. The van der Waals surface area contributed by atoms with Gasteiger partial charge >= 0.3 is 6.18 Å². The first-order valence-corrected chi connectivity index (χ1v) is 6.56. The van der Waals surface area contributed by atoms with Crippen LogP contribution in [-0.4, -0.2) is 24.0 Å². The molecule has 2 atom stereocenters. The lowest BCUT2D eigenvalue weighted by Gasteiger charge is -2.31. The molecule has 106 valence electrons. The second kappa shape index (κ2) is 5.51. The van der Waals surface area contributed by atoms with Gasteiger partial charge in [0, 0.05) is 18.6 Å². The van der Waals surface area contributed by atoms with Gasteiger partial charge in [0.25, 0.3) is 0 Å². The molecule has 19 heavy (non-hydrogen) atoms. The molecule has 1 aromatic rings. The summed E-state index contributed by atoms with van der Waals surface area (Å²) in [7, 11) is 0. The molecule has 0 aromatic heterocycles. The third-order valence-electron chi connectivity index (χ3n) is 3.83. The highest BCUT2D eigenvalue weighted by atomic mass is 19.4. The first-order chi connectivity index (χ1) is 8.93. The summed E-state index contributed by atoms with van der Waals surface area (Å²) < 4.78 is 38.2. The molecule has 5 heteroatoms. The van der Waals surface area contributed by atoms with Crippen LogP contribution in [0, 0.1) is 0 Å². The minimum absolute atomic E-state index is 0.125. The maximum atomic E-state index is 12.7. The lowest BCUT2D eigenvalue weighted by molar-refractivity contribution is -0.137. The monoisotopic (exact) mass is 272 g/mol. The van der Waals surface area contributed by atoms with Gasteiger partial charge in [-0.05, 0) is 44.0 Å². The van der Waals surface area contributed by atoms with Crippen LogP contribution in [0.25, 0.3) is 0 Å². The highest BCUT2D eigenvalue weighted by molar-refractivity contribution is 5.28. The van der Waals surface area contributed by atoms with Gasteiger partial charge in [-0.15, -0.1) is 0 Å². The van der Waals surface area contributed by atoms with Crippen molar-refractivity contribution < 1.29 is 13.2 Å². The van der Waals surface area contributed by atoms with Crippen LogP contribution in [0.2, 0.25) is 0 Å². The van der Waals surface area contributed by atoms with Gasteiger partial charge in [0.2, 0.25) is 0 Å². The van der Waals surface area contributed by atoms with Crippen LogP contribution in [-0.2, 0) is 6.18 Å². The SMILES string of the molecule is CC1CCCN1C(CN)c1cccc(C(F)(F)F)c1. The molecule has 1 aliphatic heterocycles. The van der Waals surface area contributed by atoms with E-state index in [1.54, 1.807) is 6.07 Å². The third kappa shape index (κ3) is 3.09. The highest BCUT2D eigenvalue weighted by Crippen LogP contribution is 2.33. The molecule has 1 heterocycles. The van der Waals surface area contributed by atoms with Gasteiger partial charge in [0.15, 0.2) is 0 Å². The van der Waals surface area contributed by atoms with E-state index in [2.05, 4.69) is 11.8 Å². The molecular weight excluding hydrogens is 253 g/mol. The van der Waals surface area contributed by atoms with Crippen LogP contribution in [0.3, 0.4) is 0 Å². The van der Waals surface area contributed by atoms with Gasteiger partial charge in [-0.25, -0.2) is 0 Å². The molecule has 0 amide bonds. The molecule has 2 unspecified atom stereocenters. The van der Waals surface area contributed by atoms with Crippen LogP contribution in [0.5, 0.6) is 0 Å². The van der Waals surface area contributed by atoms with Crippen molar-refractivity contribution in [3.63, 3.8) is 0 Å². The minimum Gasteiger partial charge on any atom is -0.329 e. The van der Waals surface area contributed by atoms with E-state index in [0.29, 0.717) is 18.2 Å². The molecule has 0 aliphatic carbocycles. The number of hydrogen-bond acceptors (Lipinski definition) is 2. The molecule has 2 rings (SSSR count). The van der Waals surface area contributed by atoms with Crippen LogP contribution in [0.15, 0.2) is 24.3 Å². The molecule has 0 spiro atoms. The number of likely N-dealkylation sites (tertiary alicyclic amines) is 1. The summed E-state index contributed by atoms with van der Waals surface area (Å²) in [4.78, 5) is 2.20. The van der Waals surface area contributed by atoms with Gasteiger partial charge in [0.1, 0.15) is 0 Å². The Morgan fingerprint density at radius 1 is 1.42 bits per heavy atom. The lowest BCUT2D eigenvalue weighted by atomic mass is 10.0. The standard InChI is InChI=1S/C14H19F3N2/c1-10-4-3-7-19(10)13(9-18)11-5-2-6-12(8-11)14(15,16)17/h2,5-6,8,10,13H,3-4,7,9,18H2,1H3. The van der Waals surface area contributed by atoms with E-state index in [0.717, 1.165) is 25.5 Å². The third-order valence-corrected chi connectivity index (χ3v) is 3.83. The van der Waals surface area contributed by atoms with Crippen molar-refractivity contribution in [1.29, 1.82) is 0 Å².